The molecule has 26 heteroatoms. The highest BCUT2D eigenvalue weighted by molar-refractivity contribution is 7.90. The van der Waals surface area contributed by atoms with Crippen LogP contribution in [-0.2, 0) is 53.9 Å². The maximum atomic E-state index is 13.7. The summed E-state index contributed by atoms with van der Waals surface area (Å²) < 4.78 is 98.3. The Bertz CT molecular complexity index is 3380. The number of likely N-dealkylation sites (N-methyl/N-ethyl adjacent to an activating group) is 1. The first-order chi connectivity index (χ1) is 39.5. The molecule has 4 aromatic rings. The van der Waals surface area contributed by atoms with Gasteiger partial charge in [0.1, 0.15) is 21.4 Å². The van der Waals surface area contributed by atoms with Crippen molar-refractivity contribution in [1.82, 2.24) is 17.8 Å². The van der Waals surface area contributed by atoms with Gasteiger partial charge in [0.05, 0.1) is 39.8 Å². The van der Waals surface area contributed by atoms with Crippen molar-refractivity contribution in [2.75, 3.05) is 58.6 Å². The summed E-state index contributed by atoms with van der Waals surface area (Å²) >= 11 is 12.8. The Morgan fingerprint density at radius 1 is 0.735 bits per heavy atom. The molecule has 0 bridgehead atoms. The van der Waals surface area contributed by atoms with E-state index in [1.54, 1.807) is 56.3 Å². The quantitative estimate of drug-likeness (QED) is 0.0396. The van der Waals surface area contributed by atoms with E-state index in [2.05, 4.69) is 27.5 Å². The molecule has 83 heavy (non-hydrogen) atoms. The number of carbonyl (C=O) groups excluding carboxylic acids is 4. The van der Waals surface area contributed by atoms with Crippen molar-refractivity contribution in [3.05, 3.63) is 95.5 Å². The number of imide groups is 1. The van der Waals surface area contributed by atoms with E-state index >= 15 is 0 Å². The number of benzene rings is 4. The summed E-state index contributed by atoms with van der Waals surface area (Å²) in [7, 11) is -6.58. The molecule has 1 saturated heterocycles. The largest absolute Gasteiger partial charge is 0.495 e. The number of aliphatic imine (C=N–C) groups is 2. The predicted octanol–water partition coefficient (Wildman–Crippen LogP) is 10.4. The number of carbonyl (C=O) groups is 4. The fourth-order valence-corrected chi connectivity index (χ4v) is 13.6. The minimum Gasteiger partial charge on any atom is -0.495 e. The first-order valence-corrected chi connectivity index (χ1v) is 32.7. The van der Waals surface area contributed by atoms with Crippen LogP contribution in [0.2, 0.25) is 5.02 Å². The number of aryl methyl sites for hydroxylation is 1. The van der Waals surface area contributed by atoms with Gasteiger partial charge in [-0.3, -0.25) is 23.0 Å². The van der Waals surface area contributed by atoms with E-state index in [0.717, 1.165) is 25.8 Å². The number of anilines is 2. The van der Waals surface area contributed by atoms with Crippen LogP contribution in [0.15, 0.2) is 110 Å². The predicted molar refractivity (Wildman–Crippen MR) is 321 cm³/mol. The fourth-order valence-electron chi connectivity index (χ4n) is 9.22. The van der Waals surface area contributed by atoms with Crippen LogP contribution in [0.5, 0.6) is 5.75 Å². The minimum atomic E-state index is -4.13. The molecule has 0 aromatic heterocycles. The molecule has 1 fully saturated rings. The molecule has 452 valence electrons. The van der Waals surface area contributed by atoms with E-state index in [9.17, 15) is 44.4 Å². The second-order valence-electron chi connectivity index (χ2n) is 20.1. The monoisotopic (exact) mass is 1240 g/mol. The third-order valence-corrected chi connectivity index (χ3v) is 20.1. The van der Waals surface area contributed by atoms with Gasteiger partial charge in [-0.2, -0.15) is 0 Å². The molecular formula is C57H74Cl2N8O13S3. The summed E-state index contributed by atoms with van der Waals surface area (Å²) in [5.41, 5.74) is 1.34. The highest BCUT2D eigenvalue weighted by atomic mass is 35.5. The topological polar surface area (TPSA) is 260 Å². The summed E-state index contributed by atoms with van der Waals surface area (Å²) in [4.78, 5) is 62.0. The average Bonchev–Trinajstić information content (AvgIpc) is 2.53. The average molecular weight is 1250 g/mol. The van der Waals surface area contributed by atoms with Crippen molar-refractivity contribution in [1.29, 1.82) is 0 Å². The van der Waals surface area contributed by atoms with Gasteiger partial charge in [0.25, 0.3) is 31.9 Å². The lowest BCUT2D eigenvalue weighted by atomic mass is 10.1. The van der Waals surface area contributed by atoms with Gasteiger partial charge in [0, 0.05) is 47.0 Å². The molecule has 7 rings (SSSR count). The summed E-state index contributed by atoms with van der Waals surface area (Å²) in [6.07, 6.45) is 13.5. The second-order valence-corrected chi connectivity index (χ2v) is 26.9. The number of nitrogens with zero attached hydrogens (tertiary/aromatic N) is 6. The molecular weight excluding hydrogens is 1170 g/mol. The molecule has 0 aliphatic carbocycles. The number of amidine groups is 2. The molecule has 4 aromatic carbocycles. The number of hydrogen-bond donors (Lipinski definition) is 2. The Balaban J connectivity index is 0.000000283. The number of amides is 4. The van der Waals surface area contributed by atoms with Crippen LogP contribution in [-0.4, -0.2) is 144 Å². The van der Waals surface area contributed by atoms with E-state index in [0.29, 0.717) is 30.1 Å². The molecule has 3 unspecified atom stereocenters. The van der Waals surface area contributed by atoms with Crippen LogP contribution in [0.4, 0.5) is 27.5 Å². The molecule has 0 saturated carbocycles. The van der Waals surface area contributed by atoms with Gasteiger partial charge in [-0.05, 0) is 80.3 Å². The maximum Gasteiger partial charge on any atom is 0.418 e. The molecule has 3 aliphatic heterocycles. The lowest BCUT2D eigenvalue weighted by molar-refractivity contribution is -0.133. The number of ether oxygens (including phenoxy) is 3. The van der Waals surface area contributed by atoms with Crippen LogP contribution in [0.25, 0.3) is 0 Å². The molecule has 0 spiro atoms. The van der Waals surface area contributed by atoms with Crippen molar-refractivity contribution < 1.29 is 58.6 Å². The number of fused-ring (bicyclic) bond motifs is 2. The number of alkyl halides is 1. The van der Waals surface area contributed by atoms with Crippen molar-refractivity contribution in [2.24, 2.45) is 9.98 Å². The number of methoxy groups -OCH3 is 1. The van der Waals surface area contributed by atoms with Crippen LogP contribution in [0.3, 0.4) is 0 Å². The third kappa shape index (κ3) is 16.2. The number of hydrogen-bond acceptors (Lipinski definition) is 15. The lowest BCUT2D eigenvalue weighted by Crippen LogP contribution is -2.57. The van der Waals surface area contributed by atoms with Gasteiger partial charge in [0.2, 0.25) is 15.9 Å². The molecule has 2 N–H and O–H groups in total. The van der Waals surface area contributed by atoms with Gasteiger partial charge >= 0.3 is 6.09 Å². The van der Waals surface area contributed by atoms with Gasteiger partial charge in [0.15, 0.2) is 23.4 Å². The molecule has 21 nitrogen and oxygen atoms in total. The highest BCUT2D eigenvalue weighted by Crippen LogP contribution is 2.37. The second kappa shape index (κ2) is 30.1. The molecule has 0 radical (unpaired) electrons. The van der Waals surface area contributed by atoms with Gasteiger partial charge < -0.3 is 24.8 Å². The number of sulfonamides is 3. The summed E-state index contributed by atoms with van der Waals surface area (Å²) in [5.74, 6) is -2.79. The van der Waals surface area contributed by atoms with E-state index < -0.39 is 71.4 Å². The zero-order valence-corrected chi connectivity index (χ0v) is 51.8. The van der Waals surface area contributed by atoms with Crippen LogP contribution in [0.1, 0.15) is 109 Å². The molecule has 4 amide bonds. The zero-order valence-electron chi connectivity index (χ0n) is 47.8. The van der Waals surface area contributed by atoms with Crippen molar-refractivity contribution >= 4 is 112 Å². The summed E-state index contributed by atoms with van der Waals surface area (Å²) in [6, 6.07) is 19.6. The Morgan fingerprint density at radius 2 is 1.33 bits per heavy atom. The van der Waals surface area contributed by atoms with E-state index in [1.165, 1.54) is 135 Å². The number of para-hydroxylation sites is 2. The molecule has 3 atom stereocenters. The van der Waals surface area contributed by atoms with E-state index in [-0.39, 0.29) is 72.8 Å². The van der Waals surface area contributed by atoms with Crippen LogP contribution in [0, 0.1) is 6.92 Å². The van der Waals surface area contributed by atoms with Gasteiger partial charge in [-0.25, -0.2) is 49.2 Å². The fraction of sp³-hybridized carbons (Fsp3) is 0.474. The minimum absolute atomic E-state index is 0.0187. The van der Waals surface area contributed by atoms with Crippen LogP contribution < -0.4 is 15.4 Å². The van der Waals surface area contributed by atoms with Crippen molar-refractivity contribution in [3.8, 4) is 5.75 Å². The van der Waals surface area contributed by atoms with Crippen LogP contribution >= 0.6 is 23.2 Å². The van der Waals surface area contributed by atoms with Crippen molar-refractivity contribution in [3.63, 3.8) is 0 Å². The number of rotatable bonds is 28. The Kier molecular flexibility index (Phi) is 23.9. The number of nitrogens with one attached hydrogen (secondary N) is 2. The summed E-state index contributed by atoms with van der Waals surface area (Å²) in [5, 5.41) is 3.91. The Hall–Kier alpha value is -6.15. The third-order valence-electron chi connectivity index (χ3n) is 13.9. The smallest absolute Gasteiger partial charge is 0.418 e. The standard InChI is InChI=1S/C35H53ClN4O7S2.C22H21ClN4O6S/c1-5-6-7-8-9-10-11-12-13-14-15-18-25-47-26-19-24-40-34(37-30-20-16-17-21-32(30)49(40,44)45)33(36)35(41)38-29-23-22-28(27-31(29)46-4)48(42,43)39(2)3;1-4-16-21(29)27(22(30)33-16)18(20(28)25-14-8-6-5-7-13(14)23)19-24-15-10-9-12(2)11-17(15)34(31,32)26(19)3/h16-17,20-23,27,33H,5-15,18-19,24-26H2,1-4H3,(H,38,41);5-11,16,18H,4H2,1-3H3,(H,25,28). The van der Waals surface area contributed by atoms with Gasteiger partial charge in [-0.15, -0.1) is 11.6 Å². The SMILES string of the molecule is CCC1OC(=O)N(C(C(=O)Nc2ccccc2Cl)C2=Nc3ccc(C)cc3S(=O)(=O)N2C)C1=O.CCCCCCCCCCCCCCOCCCN1C(C(Cl)C(=O)Nc2ccc(S(=O)(=O)N(C)C)cc2OC)=Nc2ccccc2S1(=O)=O. The number of cyclic esters (lactones) is 1. The zero-order chi connectivity index (χ0) is 60.6. The van der Waals surface area contributed by atoms with Crippen molar-refractivity contribution in [2.45, 2.75) is 143 Å². The first-order valence-electron chi connectivity index (χ1n) is 27.6. The lowest BCUT2D eigenvalue weighted by Gasteiger charge is -2.33. The maximum absolute atomic E-state index is 13.7. The number of halogens is 2. The molecule has 3 aliphatic rings. The van der Waals surface area contributed by atoms with Gasteiger partial charge in [-0.1, -0.05) is 126 Å². The van der Waals surface area contributed by atoms with E-state index in [1.807, 2.05) is 0 Å². The Morgan fingerprint density at radius 3 is 1.95 bits per heavy atom. The van der Waals surface area contributed by atoms with E-state index in [4.69, 9.17) is 37.4 Å². The molecule has 3 heterocycles. The normalized spacial score (nSPS) is 16.8. The Labute approximate surface area is 497 Å². The first kappa shape index (κ1) is 66.0. The number of unbranched alkanes of at least 4 members (excludes halogenated alkanes) is 11. The summed E-state index contributed by atoms with van der Waals surface area (Å²) in [6.45, 7) is 6.59. The highest BCUT2D eigenvalue weighted by Gasteiger charge is 2.51.